The van der Waals surface area contributed by atoms with E-state index in [1.807, 2.05) is 0 Å². The maximum atomic E-state index is 12.2. The van der Waals surface area contributed by atoms with Crippen LogP contribution in [-0.2, 0) is 17.1 Å². The normalized spacial score (nSPS) is 11.1. The lowest BCUT2D eigenvalue weighted by Gasteiger charge is -2.07. The van der Waals surface area contributed by atoms with Crippen molar-refractivity contribution in [3.05, 3.63) is 40.6 Å². The molecule has 0 fully saturated rings. The lowest BCUT2D eigenvalue weighted by Crippen LogP contribution is -2.14. The Kier molecular flexibility index (Phi) is 3.80. The summed E-state index contributed by atoms with van der Waals surface area (Å²) in [4.78, 5) is 9.96. The molecule has 0 atom stereocenters. The van der Waals surface area contributed by atoms with Crippen molar-refractivity contribution in [2.75, 3.05) is 11.8 Å². The zero-order valence-corrected chi connectivity index (χ0v) is 12.0. The molecule has 21 heavy (non-hydrogen) atoms. The number of ether oxygens (including phenoxy) is 1. The summed E-state index contributed by atoms with van der Waals surface area (Å²) in [6.07, 6.45) is 1.56. The van der Waals surface area contributed by atoms with Gasteiger partial charge in [-0.3, -0.25) is 19.5 Å². The summed E-state index contributed by atoms with van der Waals surface area (Å²) in [5.41, 5.74) is -0.429. The summed E-state index contributed by atoms with van der Waals surface area (Å²) in [6.45, 7) is 0. The zero-order valence-electron chi connectivity index (χ0n) is 11.2. The number of nitrogens with zero attached hydrogens (tertiary/aromatic N) is 3. The van der Waals surface area contributed by atoms with Crippen LogP contribution in [0.1, 0.15) is 0 Å². The van der Waals surface area contributed by atoms with Gasteiger partial charge in [-0.1, -0.05) is 0 Å². The quantitative estimate of drug-likeness (QED) is 0.653. The van der Waals surface area contributed by atoms with Crippen LogP contribution in [0.25, 0.3) is 0 Å². The number of nitrogens with one attached hydrogen (secondary N) is 1. The number of hydrogen-bond donors (Lipinski definition) is 1. The first-order valence-electron chi connectivity index (χ1n) is 5.68. The molecule has 10 heteroatoms. The number of benzene rings is 1. The first kappa shape index (κ1) is 14.8. The van der Waals surface area contributed by atoms with Gasteiger partial charge in [0.2, 0.25) is 0 Å². The molecule has 2 aromatic rings. The molecular weight excluding hydrogens is 300 g/mol. The number of hydrogen-bond acceptors (Lipinski definition) is 6. The Bertz CT molecular complexity index is 784. The Morgan fingerprint density at radius 1 is 1.38 bits per heavy atom. The minimum atomic E-state index is -3.97. The van der Waals surface area contributed by atoms with Gasteiger partial charge in [0.15, 0.2) is 11.6 Å². The number of nitro benzene ring substituents is 1. The van der Waals surface area contributed by atoms with Crippen molar-refractivity contribution in [3.8, 4) is 5.75 Å². The van der Waals surface area contributed by atoms with Crippen LogP contribution in [0.2, 0.25) is 0 Å². The van der Waals surface area contributed by atoms with E-state index in [1.165, 1.54) is 30.0 Å². The molecule has 112 valence electrons. The van der Waals surface area contributed by atoms with E-state index < -0.39 is 20.6 Å². The van der Waals surface area contributed by atoms with Gasteiger partial charge in [-0.25, -0.2) is 8.42 Å². The fourth-order valence-corrected chi connectivity index (χ4v) is 2.66. The molecule has 2 rings (SSSR count). The number of sulfonamides is 1. The molecule has 1 N–H and O–H groups in total. The van der Waals surface area contributed by atoms with E-state index in [0.29, 0.717) is 0 Å². The molecular formula is C11H12N4O5S. The van der Waals surface area contributed by atoms with Crippen molar-refractivity contribution in [3.63, 3.8) is 0 Å². The summed E-state index contributed by atoms with van der Waals surface area (Å²) in [5, 5.41) is 14.8. The molecule has 9 nitrogen and oxygen atoms in total. The fourth-order valence-electron chi connectivity index (χ4n) is 1.65. The summed E-state index contributed by atoms with van der Waals surface area (Å²) >= 11 is 0. The molecule has 0 saturated heterocycles. The van der Waals surface area contributed by atoms with Crippen LogP contribution in [0.15, 0.2) is 35.4 Å². The van der Waals surface area contributed by atoms with Gasteiger partial charge in [0.05, 0.1) is 16.9 Å². The van der Waals surface area contributed by atoms with Crippen molar-refractivity contribution in [2.24, 2.45) is 7.05 Å². The minimum absolute atomic E-state index is 0.0169. The highest BCUT2D eigenvalue weighted by molar-refractivity contribution is 7.92. The minimum Gasteiger partial charge on any atom is -0.490 e. The smallest absolute Gasteiger partial charge is 0.312 e. The molecule has 0 aliphatic carbocycles. The maximum absolute atomic E-state index is 12.2. The topological polar surface area (TPSA) is 116 Å². The second-order valence-corrected chi connectivity index (χ2v) is 5.75. The van der Waals surface area contributed by atoms with Crippen molar-refractivity contribution >= 4 is 21.5 Å². The average molecular weight is 312 g/mol. The van der Waals surface area contributed by atoms with E-state index in [9.17, 15) is 18.5 Å². The number of methoxy groups -OCH3 is 1. The van der Waals surface area contributed by atoms with E-state index in [0.717, 1.165) is 6.07 Å². The Morgan fingerprint density at radius 2 is 2.10 bits per heavy atom. The largest absolute Gasteiger partial charge is 0.490 e. The van der Waals surface area contributed by atoms with Crippen LogP contribution >= 0.6 is 0 Å². The summed E-state index contributed by atoms with van der Waals surface area (Å²) < 4.78 is 32.8. The molecule has 0 aliphatic rings. The molecule has 0 spiro atoms. The summed E-state index contributed by atoms with van der Waals surface area (Å²) in [6, 6.07) is 4.85. The second-order valence-electron chi connectivity index (χ2n) is 4.07. The Hall–Kier alpha value is -2.62. The van der Waals surface area contributed by atoms with Gasteiger partial charge >= 0.3 is 5.69 Å². The summed E-state index contributed by atoms with van der Waals surface area (Å²) in [7, 11) is -1.07. The van der Waals surface area contributed by atoms with Crippen LogP contribution < -0.4 is 9.46 Å². The SMILES string of the molecule is COc1ccc(S(=O)(=O)Nc2ccn(C)n2)cc1[N+](=O)[O-]. The molecule has 0 amide bonds. The third-order valence-corrected chi connectivity index (χ3v) is 3.96. The first-order valence-corrected chi connectivity index (χ1v) is 7.16. The third kappa shape index (κ3) is 3.11. The standard InChI is InChI=1S/C11H12N4O5S/c1-14-6-5-11(12-14)13-21(18,19)8-3-4-10(20-2)9(7-8)15(16)17/h3-7H,1-2H3,(H,12,13). The van der Waals surface area contributed by atoms with Gasteiger partial charge in [-0.2, -0.15) is 5.10 Å². The molecule has 0 unspecified atom stereocenters. The number of anilines is 1. The molecule has 1 aromatic heterocycles. The zero-order chi connectivity index (χ0) is 15.6. The van der Waals surface area contributed by atoms with Gasteiger partial charge in [0.1, 0.15) is 0 Å². The molecule has 0 aliphatic heterocycles. The van der Waals surface area contributed by atoms with Gasteiger partial charge in [-0.05, 0) is 12.1 Å². The number of nitro groups is 1. The predicted octanol–water partition coefficient (Wildman–Crippen LogP) is 1.14. The predicted molar refractivity (Wildman–Crippen MR) is 73.7 cm³/mol. The highest BCUT2D eigenvalue weighted by atomic mass is 32.2. The second kappa shape index (κ2) is 5.40. The lowest BCUT2D eigenvalue weighted by molar-refractivity contribution is -0.386. The molecule has 1 aromatic carbocycles. The number of aromatic nitrogens is 2. The van der Waals surface area contributed by atoms with E-state index in [4.69, 9.17) is 4.74 Å². The maximum Gasteiger partial charge on any atom is 0.312 e. The van der Waals surface area contributed by atoms with Crippen LogP contribution in [0.5, 0.6) is 5.75 Å². The first-order chi connectivity index (χ1) is 9.83. The number of aryl methyl sites for hydroxylation is 1. The van der Waals surface area contributed by atoms with Gasteiger partial charge in [-0.15, -0.1) is 0 Å². The van der Waals surface area contributed by atoms with Crippen molar-refractivity contribution in [1.29, 1.82) is 0 Å². The van der Waals surface area contributed by atoms with Gasteiger partial charge in [0.25, 0.3) is 10.0 Å². The van der Waals surface area contributed by atoms with Crippen LogP contribution in [0, 0.1) is 10.1 Å². The Balaban J connectivity index is 2.40. The van der Waals surface area contributed by atoms with E-state index in [2.05, 4.69) is 9.82 Å². The number of rotatable bonds is 5. The van der Waals surface area contributed by atoms with Crippen LogP contribution in [0.3, 0.4) is 0 Å². The van der Waals surface area contributed by atoms with E-state index >= 15 is 0 Å². The third-order valence-electron chi connectivity index (χ3n) is 2.61. The fraction of sp³-hybridized carbons (Fsp3) is 0.182. The van der Waals surface area contributed by atoms with E-state index in [1.54, 1.807) is 13.2 Å². The van der Waals surface area contributed by atoms with Gasteiger partial charge < -0.3 is 4.74 Å². The highest BCUT2D eigenvalue weighted by Crippen LogP contribution is 2.29. The van der Waals surface area contributed by atoms with Crippen LogP contribution in [0.4, 0.5) is 11.5 Å². The van der Waals surface area contributed by atoms with E-state index in [-0.39, 0.29) is 16.5 Å². The van der Waals surface area contributed by atoms with Crippen LogP contribution in [-0.4, -0.2) is 30.2 Å². The monoisotopic (exact) mass is 312 g/mol. The Labute approximate surface area is 120 Å². The van der Waals surface area contributed by atoms with Gasteiger partial charge in [0, 0.05) is 25.4 Å². The Morgan fingerprint density at radius 3 is 2.62 bits per heavy atom. The van der Waals surface area contributed by atoms with Crippen molar-refractivity contribution in [2.45, 2.75) is 4.90 Å². The molecule has 0 saturated carbocycles. The molecule has 1 heterocycles. The summed E-state index contributed by atoms with van der Waals surface area (Å²) in [5.74, 6) is 0.104. The lowest BCUT2D eigenvalue weighted by atomic mass is 10.3. The average Bonchev–Trinajstić information content (AvgIpc) is 2.82. The highest BCUT2D eigenvalue weighted by Gasteiger charge is 2.22. The molecule has 0 radical (unpaired) electrons. The molecule has 0 bridgehead atoms. The van der Waals surface area contributed by atoms with Crippen molar-refractivity contribution < 1.29 is 18.1 Å². The van der Waals surface area contributed by atoms with Crippen molar-refractivity contribution in [1.82, 2.24) is 9.78 Å².